The maximum atomic E-state index is 5.66. The molecule has 2 heteroatoms. The van der Waals surface area contributed by atoms with Gasteiger partial charge in [-0.15, -0.1) is 18.2 Å². The maximum Gasteiger partial charge on any atom is 0.0235 e. The van der Waals surface area contributed by atoms with Crippen LogP contribution >= 0.6 is 11.6 Å². The largest absolute Gasteiger partial charge is 0.297 e. The highest BCUT2D eigenvalue weighted by Crippen LogP contribution is 2.24. The van der Waals surface area contributed by atoms with Gasteiger partial charge in [-0.1, -0.05) is 12.5 Å². The number of halogens is 1. The predicted octanol–water partition coefficient (Wildman–Crippen LogP) is 2.66. The number of hydrogen-bond donors (Lipinski definition) is 0. The van der Waals surface area contributed by atoms with Gasteiger partial charge in [-0.25, -0.2) is 0 Å². The van der Waals surface area contributed by atoms with Crippen LogP contribution in [-0.2, 0) is 0 Å². The van der Waals surface area contributed by atoms with Crippen molar-refractivity contribution >= 4 is 11.6 Å². The molecule has 12 heavy (non-hydrogen) atoms. The fourth-order valence-corrected chi connectivity index (χ4v) is 1.72. The summed E-state index contributed by atoms with van der Waals surface area (Å²) in [6.07, 6.45) is 7.24. The second kappa shape index (κ2) is 5.60. The molecule has 70 valence electrons. The second-order valence-electron chi connectivity index (χ2n) is 3.41. The molecule has 1 saturated carbocycles. The first-order chi connectivity index (χ1) is 5.88. The van der Waals surface area contributed by atoms with Crippen LogP contribution in [0.25, 0.3) is 0 Å². The van der Waals surface area contributed by atoms with Crippen molar-refractivity contribution in [3.8, 4) is 0 Å². The first-order valence-electron chi connectivity index (χ1n) is 4.79. The van der Waals surface area contributed by atoms with Gasteiger partial charge in [0.15, 0.2) is 0 Å². The summed E-state index contributed by atoms with van der Waals surface area (Å²) in [5.74, 6) is 0.778. The number of nitrogens with zero attached hydrogens (tertiary/aromatic N) is 1. The highest BCUT2D eigenvalue weighted by Gasteiger charge is 2.23. The van der Waals surface area contributed by atoms with Crippen LogP contribution in [-0.4, -0.2) is 29.9 Å². The zero-order chi connectivity index (χ0) is 8.81. The van der Waals surface area contributed by atoms with Crippen molar-refractivity contribution in [2.75, 3.05) is 19.0 Å². The summed E-state index contributed by atoms with van der Waals surface area (Å²) in [5, 5.41) is 0. The molecular formula is C10H18ClN. The summed E-state index contributed by atoms with van der Waals surface area (Å²) in [7, 11) is 0. The molecule has 0 saturated heterocycles. The van der Waals surface area contributed by atoms with Gasteiger partial charge in [0.2, 0.25) is 0 Å². The zero-order valence-corrected chi connectivity index (χ0v) is 8.39. The Bertz CT molecular complexity index is 132. The Kier molecular flexibility index (Phi) is 4.70. The Balaban J connectivity index is 2.21. The molecular weight excluding hydrogens is 170 g/mol. The van der Waals surface area contributed by atoms with Gasteiger partial charge in [-0.3, -0.25) is 4.90 Å². The SMILES string of the molecule is C=CCN(CCCCl)C1CCC1. The van der Waals surface area contributed by atoms with Gasteiger partial charge in [0.1, 0.15) is 0 Å². The topological polar surface area (TPSA) is 3.24 Å². The van der Waals surface area contributed by atoms with Gasteiger partial charge in [-0.05, 0) is 25.8 Å². The molecule has 0 heterocycles. The Hall–Kier alpha value is -0.0100. The highest BCUT2D eigenvalue weighted by atomic mass is 35.5. The first kappa shape index (κ1) is 10.1. The van der Waals surface area contributed by atoms with E-state index in [0.717, 1.165) is 31.4 Å². The van der Waals surface area contributed by atoms with E-state index < -0.39 is 0 Å². The molecule has 1 aliphatic carbocycles. The monoisotopic (exact) mass is 187 g/mol. The first-order valence-corrected chi connectivity index (χ1v) is 5.33. The van der Waals surface area contributed by atoms with Crippen LogP contribution in [0.4, 0.5) is 0 Å². The normalized spacial score (nSPS) is 17.8. The van der Waals surface area contributed by atoms with E-state index in [1.165, 1.54) is 19.3 Å². The van der Waals surface area contributed by atoms with Crippen molar-refractivity contribution in [3.05, 3.63) is 12.7 Å². The van der Waals surface area contributed by atoms with E-state index in [4.69, 9.17) is 11.6 Å². The van der Waals surface area contributed by atoms with Gasteiger partial charge in [0, 0.05) is 18.5 Å². The van der Waals surface area contributed by atoms with Crippen molar-refractivity contribution in [3.63, 3.8) is 0 Å². The molecule has 0 aromatic carbocycles. The van der Waals surface area contributed by atoms with Crippen molar-refractivity contribution < 1.29 is 0 Å². The molecule has 0 aliphatic heterocycles. The lowest BCUT2D eigenvalue weighted by Gasteiger charge is -2.36. The maximum absolute atomic E-state index is 5.66. The molecule has 1 rings (SSSR count). The standard InChI is InChI=1S/C10H18ClN/c1-2-8-12(9-4-7-11)10-5-3-6-10/h2,10H,1,3-9H2. The molecule has 0 N–H and O–H groups in total. The van der Waals surface area contributed by atoms with E-state index in [9.17, 15) is 0 Å². The van der Waals surface area contributed by atoms with E-state index in [2.05, 4.69) is 11.5 Å². The minimum atomic E-state index is 0.778. The highest BCUT2D eigenvalue weighted by molar-refractivity contribution is 6.17. The van der Waals surface area contributed by atoms with Crippen LogP contribution < -0.4 is 0 Å². The number of alkyl halides is 1. The van der Waals surface area contributed by atoms with Gasteiger partial charge in [0.25, 0.3) is 0 Å². The van der Waals surface area contributed by atoms with E-state index in [1.807, 2.05) is 6.08 Å². The van der Waals surface area contributed by atoms with Crippen molar-refractivity contribution in [2.24, 2.45) is 0 Å². The van der Waals surface area contributed by atoms with Gasteiger partial charge >= 0.3 is 0 Å². The Morgan fingerprint density at radius 1 is 1.50 bits per heavy atom. The molecule has 0 bridgehead atoms. The predicted molar refractivity (Wildman–Crippen MR) is 54.7 cm³/mol. The summed E-state index contributed by atoms with van der Waals surface area (Å²) in [6, 6.07) is 0.825. The molecule has 0 aromatic rings. The molecule has 0 amide bonds. The fraction of sp³-hybridized carbons (Fsp3) is 0.800. The quantitative estimate of drug-likeness (QED) is 0.457. The third-order valence-corrected chi connectivity index (χ3v) is 2.80. The van der Waals surface area contributed by atoms with Gasteiger partial charge in [0.05, 0.1) is 0 Å². The van der Waals surface area contributed by atoms with Crippen LogP contribution in [0, 0.1) is 0 Å². The summed E-state index contributed by atoms with van der Waals surface area (Å²) in [5.41, 5.74) is 0. The Morgan fingerprint density at radius 3 is 2.67 bits per heavy atom. The molecule has 0 radical (unpaired) electrons. The number of rotatable bonds is 6. The molecule has 1 nitrogen and oxygen atoms in total. The second-order valence-corrected chi connectivity index (χ2v) is 3.79. The summed E-state index contributed by atoms with van der Waals surface area (Å²) >= 11 is 5.66. The van der Waals surface area contributed by atoms with Crippen LogP contribution in [0.15, 0.2) is 12.7 Å². The number of hydrogen-bond acceptors (Lipinski definition) is 1. The van der Waals surface area contributed by atoms with Crippen molar-refractivity contribution in [2.45, 2.75) is 31.7 Å². The lowest BCUT2D eigenvalue weighted by atomic mass is 9.91. The molecule has 1 fully saturated rings. The van der Waals surface area contributed by atoms with E-state index >= 15 is 0 Å². The fourth-order valence-electron chi connectivity index (χ4n) is 1.60. The zero-order valence-electron chi connectivity index (χ0n) is 7.64. The van der Waals surface area contributed by atoms with E-state index in [-0.39, 0.29) is 0 Å². The van der Waals surface area contributed by atoms with Crippen LogP contribution in [0.3, 0.4) is 0 Å². The Labute approximate surface area is 80.4 Å². The average Bonchev–Trinajstić information content (AvgIpc) is 1.97. The van der Waals surface area contributed by atoms with Crippen LogP contribution in [0.5, 0.6) is 0 Å². The summed E-state index contributed by atoms with van der Waals surface area (Å²) in [4.78, 5) is 2.50. The van der Waals surface area contributed by atoms with Crippen molar-refractivity contribution in [1.82, 2.24) is 4.90 Å². The lowest BCUT2D eigenvalue weighted by Crippen LogP contribution is -2.40. The van der Waals surface area contributed by atoms with Crippen LogP contribution in [0.2, 0.25) is 0 Å². The molecule has 0 aromatic heterocycles. The lowest BCUT2D eigenvalue weighted by molar-refractivity contribution is 0.142. The average molecular weight is 188 g/mol. The summed E-state index contributed by atoms with van der Waals surface area (Å²) in [6.45, 7) is 5.94. The van der Waals surface area contributed by atoms with Gasteiger partial charge in [-0.2, -0.15) is 0 Å². The molecule has 0 atom stereocenters. The van der Waals surface area contributed by atoms with E-state index in [1.54, 1.807) is 0 Å². The molecule has 0 unspecified atom stereocenters. The minimum absolute atomic E-state index is 0.778. The third kappa shape index (κ3) is 2.80. The van der Waals surface area contributed by atoms with Crippen LogP contribution in [0.1, 0.15) is 25.7 Å². The van der Waals surface area contributed by atoms with Gasteiger partial charge < -0.3 is 0 Å². The van der Waals surface area contributed by atoms with E-state index in [0.29, 0.717) is 0 Å². The molecule has 0 spiro atoms. The molecule has 1 aliphatic rings. The minimum Gasteiger partial charge on any atom is -0.297 e. The van der Waals surface area contributed by atoms with Crippen molar-refractivity contribution in [1.29, 1.82) is 0 Å². The summed E-state index contributed by atoms with van der Waals surface area (Å²) < 4.78 is 0. The smallest absolute Gasteiger partial charge is 0.0235 e. The Morgan fingerprint density at radius 2 is 2.25 bits per heavy atom. The third-order valence-electron chi connectivity index (χ3n) is 2.53.